The zero-order valence-electron chi connectivity index (χ0n) is 19.3. The van der Waals surface area contributed by atoms with E-state index in [0.29, 0.717) is 12.0 Å². The molecule has 0 bridgehead atoms. The SMILES string of the molecule is CCCCCCCCCCCCCCCC(=O)NNC(=O)c1ccnc(CCC)c1. The average Bonchev–Trinajstić information content (AvgIpc) is 2.75. The van der Waals surface area contributed by atoms with Gasteiger partial charge in [0, 0.05) is 23.9 Å². The second-order valence-corrected chi connectivity index (χ2v) is 8.28. The predicted molar refractivity (Wildman–Crippen MR) is 124 cm³/mol. The number of aryl methyl sites for hydroxylation is 1. The quantitative estimate of drug-likeness (QED) is 0.231. The van der Waals surface area contributed by atoms with Crippen LogP contribution in [-0.4, -0.2) is 16.8 Å². The van der Waals surface area contributed by atoms with Crippen LogP contribution in [0.15, 0.2) is 18.3 Å². The summed E-state index contributed by atoms with van der Waals surface area (Å²) < 4.78 is 0. The van der Waals surface area contributed by atoms with Gasteiger partial charge in [-0.15, -0.1) is 0 Å². The van der Waals surface area contributed by atoms with Gasteiger partial charge in [-0.3, -0.25) is 25.4 Å². The molecule has 1 aromatic heterocycles. The lowest BCUT2D eigenvalue weighted by Crippen LogP contribution is -2.41. The van der Waals surface area contributed by atoms with Crippen molar-refractivity contribution in [2.24, 2.45) is 0 Å². The zero-order chi connectivity index (χ0) is 21.9. The molecule has 0 aromatic carbocycles. The van der Waals surface area contributed by atoms with Crippen molar-refractivity contribution >= 4 is 11.8 Å². The summed E-state index contributed by atoms with van der Waals surface area (Å²) in [4.78, 5) is 28.3. The summed E-state index contributed by atoms with van der Waals surface area (Å²) in [5, 5.41) is 0. The number of rotatable bonds is 17. The third kappa shape index (κ3) is 13.3. The van der Waals surface area contributed by atoms with E-state index >= 15 is 0 Å². The standard InChI is InChI=1S/C25H43N3O2/c1-3-5-6-7-8-9-10-11-12-13-14-15-16-18-24(29)27-28-25(30)22-19-20-26-23(21-22)17-4-2/h19-21H,3-18H2,1-2H3,(H,27,29)(H,28,30). The molecule has 0 saturated heterocycles. The van der Waals surface area contributed by atoms with E-state index in [1.165, 1.54) is 70.6 Å². The second-order valence-electron chi connectivity index (χ2n) is 8.28. The first kappa shape index (κ1) is 26.1. The molecule has 170 valence electrons. The van der Waals surface area contributed by atoms with Crippen LogP contribution in [0.2, 0.25) is 0 Å². The first-order valence-corrected chi connectivity index (χ1v) is 12.2. The summed E-state index contributed by atoms with van der Waals surface area (Å²) in [6.07, 6.45) is 20.6. The van der Waals surface area contributed by atoms with Crippen LogP contribution in [0, 0.1) is 0 Å². The van der Waals surface area contributed by atoms with E-state index < -0.39 is 0 Å². The molecule has 0 spiro atoms. The maximum absolute atomic E-state index is 12.1. The summed E-state index contributed by atoms with van der Waals surface area (Å²) in [6, 6.07) is 3.44. The van der Waals surface area contributed by atoms with Gasteiger partial charge in [0.2, 0.25) is 5.91 Å². The third-order valence-corrected chi connectivity index (χ3v) is 5.41. The number of carbonyl (C=O) groups excluding carboxylic acids is 2. The monoisotopic (exact) mass is 417 g/mol. The molecule has 0 atom stereocenters. The summed E-state index contributed by atoms with van der Waals surface area (Å²) >= 11 is 0. The van der Waals surface area contributed by atoms with Gasteiger partial charge in [-0.25, -0.2) is 0 Å². The Morgan fingerprint density at radius 2 is 1.33 bits per heavy atom. The Balaban J connectivity index is 1.97. The maximum Gasteiger partial charge on any atom is 0.269 e. The van der Waals surface area contributed by atoms with Crippen LogP contribution in [0.5, 0.6) is 0 Å². The molecule has 0 aliphatic carbocycles. The molecule has 30 heavy (non-hydrogen) atoms. The molecule has 2 amide bonds. The van der Waals surface area contributed by atoms with Gasteiger partial charge in [0.15, 0.2) is 0 Å². The van der Waals surface area contributed by atoms with Crippen molar-refractivity contribution in [2.75, 3.05) is 0 Å². The van der Waals surface area contributed by atoms with Crippen LogP contribution in [0.25, 0.3) is 0 Å². The fourth-order valence-electron chi connectivity index (χ4n) is 3.58. The van der Waals surface area contributed by atoms with Gasteiger partial charge >= 0.3 is 0 Å². The molecule has 0 unspecified atom stereocenters. The highest BCUT2D eigenvalue weighted by Gasteiger charge is 2.08. The number of unbranched alkanes of at least 4 members (excludes halogenated alkanes) is 12. The Labute approximate surface area is 183 Å². The van der Waals surface area contributed by atoms with Crippen LogP contribution in [0.1, 0.15) is 126 Å². The fourth-order valence-corrected chi connectivity index (χ4v) is 3.58. The van der Waals surface area contributed by atoms with E-state index in [2.05, 4.69) is 29.7 Å². The lowest BCUT2D eigenvalue weighted by Gasteiger charge is -2.08. The molecule has 0 aliphatic heterocycles. The van der Waals surface area contributed by atoms with Gasteiger partial charge in [0.05, 0.1) is 0 Å². The van der Waals surface area contributed by atoms with Gasteiger partial charge in [-0.05, 0) is 25.0 Å². The Morgan fingerprint density at radius 1 is 0.767 bits per heavy atom. The van der Waals surface area contributed by atoms with Crippen molar-refractivity contribution in [3.05, 3.63) is 29.6 Å². The van der Waals surface area contributed by atoms with E-state index in [9.17, 15) is 9.59 Å². The van der Waals surface area contributed by atoms with Crippen molar-refractivity contribution < 1.29 is 9.59 Å². The van der Waals surface area contributed by atoms with E-state index in [4.69, 9.17) is 0 Å². The summed E-state index contributed by atoms with van der Waals surface area (Å²) in [5.74, 6) is -0.428. The molecule has 0 aliphatic rings. The molecule has 5 nitrogen and oxygen atoms in total. The van der Waals surface area contributed by atoms with Gasteiger partial charge in [0.1, 0.15) is 0 Å². The molecule has 1 heterocycles. The predicted octanol–water partition coefficient (Wildman–Crippen LogP) is 6.28. The number of hydrazine groups is 1. The Kier molecular flexibility index (Phi) is 15.6. The van der Waals surface area contributed by atoms with Gasteiger partial charge in [0.25, 0.3) is 5.91 Å². The normalized spacial score (nSPS) is 10.7. The van der Waals surface area contributed by atoms with Crippen molar-refractivity contribution in [3.63, 3.8) is 0 Å². The molecule has 0 saturated carbocycles. The number of amides is 2. The summed E-state index contributed by atoms with van der Waals surface area (Å²) in [5.41, 5.74) is 6.43. The van der Waals surface area contributed by atoms with Crippen molar-refractivity contribution in [1.29, 1.82) is 0 Å². The number of nitrogens with one attached hydrogen (secondary N) is 2. The van der Waals surface area contributed by atoms with Crippen LogP contribution in [-0.2, 0) is 11.2 Å². The number of aromatic nitrogens is 1. The van der Waals surface area contributed by atoms with E-state index in [0.717, 1.165) is 31.4 Å². The van der Waals surface area contributed by atoms with E-state index in [1.807, 2.05) is 0 Å². The van der Waals surface area contributed by atoms with Crippen LogP contribution < -0.4 is 10.9 Å². The number of hydrogen-bond donors (Lipinski definition) is 2. The molecule has 1 aromatic rings. The largest absolute Gasteiger partial charge is 0.273 e. The smallest absolute Gasteiger partial charge is 0.269 e. The summed E-state index contributed by atoms with van der Waals surface area (Å²) in [6.45, 7) is 4.34. The zero-order valence-corrected chi connectivity index (χ0v) is 19.3. The minimum atomic E-state index is -0.298. The second kappa shape index (κ2) is 17.9. The van der Waals surface area contributed by atoms with Gasteiger partial charge in [-0.2, -0.15) is 0 Å². The van der Waals surface area contributed by atoms with Gasteiger partial charge < -0.3 is 0 Å². The van der Waals surface area contributed by atoms with Crippen molar-refractivity contribution in [2.45, 2.75) is 117 Å². The van der Waals surface area contributed by atoms with Crippen LogP contribution in [0.3, 0.4) is 0 Å². The van der Waals surface area contributed by atoms with E-state index in [1.54, 1.807) is 18.3 Å². The molecule has 2 N–H and O–H groups in total. The average molecular weight is 418 g/mol. The van der Waals surface area contributed by atoms with Crippen LogP contribution in [0.4, 0.5) is 0 Å². The molecular formula is C25H43N3O2. The summed E-state index contributed by atoms with van der Waals surface area (Å²) in [7, 11) is 0. The number of carbonyl (C=O) groups is 2. The third-order valence-electron chi connectivity index (χ3n) is 5.41. The maximum atomic E-state index is 12.1. The first-order chi connectivity index (χ1) is 14.7. The minimum Gasteiger partial charge on any atom is -0.273 e. The Bertz CT molecular complexity index is 590. The molecule has 0 radical (unpaired) electrons. The number of hydrogen-bond acceptors (Lipinski definition) is 3. The fraction of sp³-hybridized carbons (Fsp3) is 0.720. The van der Waals surface area contributed by atoms with Crippen molar-refractivity contribution in [3.8, 4) is 0 Å². The lowest BCUT2D eigenvalue weighted by molar-refractivity contribution is -0.122. The highest BCUT2D eigenvalue weighted by Crippen LogP contribution is 2.13. The molecular weight excluding hydrogens is 374 g/mol. The molecule has 5 heteroatoms. The van der Waals surface area contributed by atoms with E-state index in [-0.39, 0.29) is 11.8 Å². The molecule has 1 rings (SSSR count). The minimum absolute atomic E-state index is 0.130. The number of pyridine rings is 1. The topological polar surface area (TPSA) is 71.1 Å². The highest BCUT2D eigenvalue weighted by atomic mass is 16.2. The van der Waals surface area contributed by atoms with Gasteiger partial charge in [-0.1, -0.05) is 97.3 Å². The first-order valence-electron chi connectivity index (χ1n) is 12.2. The number of nitrogens with zero attached hydrogens (tertiary/aromatic N) is 1. The Hall–Kier alpha value is -1.91. The Morgan fingerprint density at radius 3 is 1.90 bits per heavy atom. The highest BCUT2D eigenvalue weighted by molar-refractivity contribution is 5.95. The van der Waals surface area contributed by atoms with Crippen LogP contribution >= 0.6 is 0 Å². The van der Waals surface area contributed by atoms with Crippen molar-refractivity contribution in [1.82, 2.24) is 15.8 Å². The molecule has 0 fully saturated rings. The lowest BCUT2D eigenvalue weighted by atomic mass is 10.0.